The molecule has 0 bridgehead atoms. The molecule has 0 atom stereocenters. The number of hydrogen-bond acceptors (Lipinski definition) is 5. The van der Waals surface area contributed by atoms with Gasteiger partial charge in [0.2, 0.25) is 0 Å². The lowest BCUT2D eigenvalue weighted by Crippen LogP contribution is -2.39. The van der Waals surface area contributed by atoms with E-state index >= 15 is 0 Å². The predicted molar refractivity (Wildman–Crippen MR) is 76.5 cm³/mol. The molecule has 0 amide bonds. The lowest BCUT2D eigenvalue weighted by Gasteiger charge is -2.26. The summed E-state index contributed by atoms with van der Waals surface area (Å²) in [7, 11) is 0. The lowest BCUT2D eigenvalue weighted by atomic mass is 10.3. The molecule has 1 N–H and O–H groups in total. The number of benzene rings is 1. The molecule has 1 aliphatic heterocycles. The van der Waals surface area contributed by atoms with Gasteiger partial charge in [-0.2, -0.15) is 0 Å². The van der Waals surface area contributed by atoms with Gasteiger partial charge in [-0.25, -0.2) is 0 Å². The molecule has 1 fully saturated rings. The fourth-order valence-electron chi connectivity index (χ4n) is 1.93. The Morgan fingerprint density at radius 2 is 2.16 bits per heavy atom. The van der Waals surface area contributed by atoms with Gasteiger partial charge >= 0.3 is 0 Å². The lowest BCUT2D eigenvalue weighted by molar-refractivity contribution is -0.384. The van der Waals surface area contributed by atoms with Crippen molar-refractivity contribution in [3.63, 3.8) is 0 Å². The van der Waals surface area contributed by atoms with Crippen molar-refractivity contribution in [1.29, 1.82) is 0 Å². The van der Waals surface area contributed by atoms with Crippen LogP contribution in [-0.4, -0.2) is 49.2 Å². The molecule has 0 aromatic heterocycles. The van der Waals surface area contributed by atoms with Crippen molar-refractivity contribution in [2.75, 3.05) is 44.7 Å². The second kappa shape index (κ2) is 6.83. The number of hydrogen-bond donors (Lipinski definition) is 1. The minimum atomic E-state index is -0.401. The van der Waals surface area contributed by atoms with Crippen LogP contribution in [0.4, 0.5) is 11.4 Å². The molecular formula is C12H16BrN3O3. The molecule has 1 saturated heterocycles. The van der Waals surface area contributed by atoms with E-state index in [9.17, 15) is 10.1 Å². The van der Waals surface area contributed by atoms with Crippen LogP contribution in [0.3, 0.4) is 0 Å². The molecule has 1 aromatic carbocycles. The number of morpholine rings is 1. The summed E-state index contributed by atoms with van der Waals surface area (Å²) < 4.78 is 6.00. The van der Waals surface area contributed by atoms with E-state index in [0.717, 1.165) is 45.1 Å². The Morgan fingerprint density at radius 3 is 2.79 bits per heavy atom. The summed E-state index contributed by atoms with van der Waals surface area (Å²) in [6, 6.07) is 4.74. The Morgan fingerprint density at radius 1 is 1.42 bits per heavy atom. The first-order valence-electron chi connectivity index (χ1n) is 6.15. The first-order chi connectivity index (χ1) is 9.16. The summed E-state index contributed by atoms with van der Waals surface area (Å²) in [6.07, 6.45) is 0. The molecular weight excluding hydrogens is 314 g/mol. The van der Waals surface area contributed by atoms with Gasteiger partial charge in [0.05, 0.1) is 18.1 Å². The van der Waals surface area contributed by atoms with Crippen LogP contribution in [0.25, 0.3) is 0 Å². The van der Waals surface area contributed by atoms with Crippen molar-refractivity contribution >= 4 is 27.3 Å². The van der Waals surface area contributed by atoms with Gasteiger partial charge in [-0.3, -0.25) is 15.0 Å². The number of nitrogens with zero attached hydrogens (tertiary/aromatic N) is 2. The maximum absolute atomic E-state index is 10.6. The van der Waals surface area contributed by atoms with Crippen LogP contribution >= 0.6 is 15.9 Å². The molecule has 2 rings (SSSR count). The van der Waals surface area contributed by atoms with E-state index in [-0.39, 0.29) is 5.69 Å². The minimum absolute atomic E-state index is 0.0885. The van der Waals surface area contributed by atoms with Gasteiger partial charge in [0.15, 0.2) is 0 Å². The van der Waals surface area contributed by atoms with Crippen molar-refractivity contribution in [1.82, 2.24) is 4.90 Å². The molecule has 0 aliphatic carbocycles. The van der Waals surface area contributed by atoms with Gasteiger partial charge in [-0.1, -0.05) is 0 Å². The first kappa shape index (κ1) is 14.2. The second-order valence-corrected chi connectivity index (χ2v) is 5.16. The standard InChI is InChI=1S/C12H16BrN3O3/c13-11-9-10(16(17)18)1-2-12(11)14-3-4-15-5-7-19-8-6-15/h1-2,9,14H,3-8H2. The van der Waals surface area contributed by atoms with Gasteiger partial charge in [0.25, 0.3) is 5.69 Å². The highest BCUT2D eigenvalue weighted by atomic mass is 79.9. The average molecular weight is 330 g/mol. The summed E-state index contributed by atoms with van der Waals surface area (Å²) in [5.41, 5.74) is 0.962. The third-order valence-corrected chi connectivity index (χ3v) is 3.67. The van der Waals surface area contributed by atoms with Gasteiger partial charge in [-0.15, -0.1) is 0 Å². The van der Waals surface area contributed by atoms with Crippen molar-refractivity contribution < 1.29 is 9.66 Å². The van der Waals surface area contributed by atoms with E-state index in [0.29, 0.717) is 4.47 Å². The molecule has 6 nitrogen and oxygen atoms in total. The Kier molecular flexibility index (Phi) is 5.12. The van der Waals surface area contributed by atoms with Gasteiger partial charge in [0.1, 0.15) is 0 Å². The quantitative estimate of drug-likeness (QED) is 0.661. The Hall–Kier alpha value is -1.18. The molecule has 0 spiro atoms. The zero-order valence-corrected chi connectivity index (χ0v) is 12.1. The zero-order valence-electron chi connectivity index (χ0n) is 10.5. The second-order valence-electron chi connectivity index (χ2n) is 4.30. The molecule has 1 aliphatic rings. The van der Waals surface area contributed by atoms with Crippen molar-refractivity contribution in [2.24, 2.45) is 0 Å². The molecule has 1 heterocycles. The number of nitrogens with one attached hydrogen (secondary N) is 1. The maximum Gasteiger partial charge on any atom is 0.270 e. The number of ether oxygens (including phenoxy) is 1. The van der Waals surface area contributed by atoms with E-state index in [2.05, 4.69) is 26.1 Å². The van der Waals surface area contributed by atoms with Gasteiger partial charge in [0, 0.05) is 48.5 Å². The molecule has 0 radical (unpaired) electrons. The fourth-order valence-corrected chi connectivity index (χ4v) is 2.44. The highest BCUT2D eigenvalue weighted by Crippen LogP contribution is 2.26. The van der Waals surface area contributed by atoms with E-state index < -0.39 is 4.92 Å². The summed E-state index contributed by atoms with van der Waals surface area (Å²) in [4.78, 5) is 12.6. The minimum Gasteiger partial charge on any atom is -0.383 e. The molecule has 0 unspecified atom stereocenters. The Balaban J connectivity index is 1.83. The summed E-state index contributed by atoms with van der Waals surface area (Å²) in [5, 5.41) is 13.9. The molecule has 104 valence electrons. The maximum atomic E-state index is 10.6. The smallest absolute Gasteiger partial charge is 0.270 e. The molecule has 1 aromatic rings. The topological polar surface area (TPSA) is 67.6 Å². The predicted octanol–water partition coefficient (Wildman–Crippen LogP) is 2.10. The van der Waals surface area contributed by atoms with E-state index in [1.54, 1.807) is 6.07 Å². The van der Waals surface area contributed by atoms with Crippen LogP contribution in [0, 0.1) is 10.1 Å². The number of non-ortho nitro benzene ring substituents is 1. The first-order valence-corrected chi connectivity index (χ1v) is 6.94. The molecule has 19 heavy (non-hydrogen) atoms. The van der Waals surface area contributed by atoms with Crippen LogP contribution in [0.5, 0.6) is 0 Å². The van der Waals surface area contributed by atoms with E-state index in [4.69, 9.17) is 4.74 Å². The van der Waals surface area contributed by atoms with Gasteiger partial charge in [-0.05, 0) is 22.0 Å². The number of nitro benzene ring substituents is 1. The van der Waals surface area contributed by atoms with Crippen LogP contribution < -0.4 is 5.32 Å². The van der Waals surface area contributed by atoms with Crippen molar-refractivity contribution in [2.45, 2.75) is 0 Å². The van der Waals surface area contributed by atoms with E-state index in [1.165, 1.54) is 12.1 Å². The summed E-state index contributed by atoms with van der Waals surface area (Å²) in [5.74, 6) is 0. The largest absolute Gasteiger partial charge is 0.383 e. The van der Waals surface area contributed by atoms with Crippen LogP contribution in [0.15, 0.2) is 22.7 Å². The van der Waals surface area contributed by atoms with Crippen LogP contribution in [-0.2, 0) is 4.74 Å². The number of halogens is 1. The molecule has 0 saturated carbocycles. The zero-order chi connectivity index (χ0) is 13.7. The van der Waals surface area contributed by atoms with Crippen LogP contribution in [0.2, 0.25) is 0 Å². The van der Waals surface area contributed by atoms with E-state index in [1.807, 2.05) is 0 Å². The number of rotatable bonds is 5. The third kappa shape index (κ3) is 4.15. The fraction of sp³-hybridized carbons (Fsp3) is 0.500. The Labute approximate surface area is 120 Å². The van der Waals surface area contributed by atoms with Crippen LogP contribution in [0.1, 0.15) is 0 Å². The Bertz CT molecular complexity index is 450. The number of nitro groups is 1. The highest BCUT2D eigenvalue weighted by molar-refractivity contribution is 9.10. The number of anilines is 1. The monoisotopic (exact) mass is 329 g/mol. The van der Waals surface area contributed by atoms with Gasteiger partial charge < -0.3 is 10.1 Å². The highest BCUT2D eigenvalue weighted by Gasteiger charge is 2.11. The third-order valence-electron chi connectivity index (χ3n) is 3.01. The van der Waals surface area contributed by atoms with Crippen molar-refractivity contribution in [3.05, 3.63) is 32.8 Å². The SMILES string of the molecule is O=[N+]([O-])c1ccc(NCCN2CCOCC2)c(Br)c1. The molecule has 7 heteroatoms. The summed E-state index contributed by atoms with van der Waals surface area (Å²) in [6.45, 7) is 5.25. The average Bonchev–Trinajstić information content (AvgIpc) is 2.41. The normalized spacial score (nSPS) is 16.3. The summed E-state index contributed by atoms with van der Waals surface area (Å²) >= 11 is 3.34. The van der Waals surface area contributed by atoms with Crippen molar-refractivity contribution in [3.8, 4) is 0 Å².